The van der Waals surface area contributed by atoms with Crippen LogP contribution >= 0.6 is 11.6 Å². The second-order valence-electron chi connectivity index (χ2n) is 8.83. The monoisotopic (exact) mass is 595 g/mol. The lowest BCUT2D eigenvalue weighted by Gasteiger charge is -2.31. The van der Waals surface area contributed by atoms with Gasteiger partial charge in [0, 0.05) is 13.1 Å². The van der Waals surface area contributed by atoms with Crippen molar-refractivity contribution >= 4 is 49.4 Å². The molecule has 1 heterocycles. The van der Waals surface area contributed by atoms with Crippen LogP contribution in [0.4, 0.5) is 5.69 Å². The molecule has 1 fully saturated rings. The van der Waals surface area contributed by atoms with Crippen LogP contribution in [0.2, 0.25) is 5.02 Å². The number of nitrogens with zero attached hydrogens (tertiary/aromatic N) is 3. The molecule has 3 rings (SSSR count). The molecular weight excluding hydrogens is 566 g/mol. The van der Waals surface area contributed by atoms with Crippen LogP contribution in [0, 0.1) is 11.3 Å². The predicted molar refractivity (Wildman–Crippen MR) is 149 cm³/mol. The predicted octanol–water partition coefficient (Wildman–Crippen LogP) is 3.43. The van der Waals surface area contributed by atoms with E-state index in [1.165, 1.54) is 22.7 Å². The highest BCUT2D eigenvalue weighted by Gasteiger charge is 2.28. The number of rotatable bonds is 11. The van der Waals surface area contributed by atoms with Crippen LogP contribution in [0.1, 0.15) is 30.9 Å². The Kier molecular flexibility index (Phi) is 10.4. The summed E-state index contributed by atoms with van der Waals surface area (Å²) in [4.78, 5) is 12.0. The van der Waals surface area contributed by atoms with Crippen molar-refractivity contribution in [2.45, 2.75) is 25.9 Å². The van der Waals surface area contributed by atoms with Crippen molar-refractivity contribution in [3.63, 3.8) is 0 Å². The van der Waals surface area contributed by atoms with E-state index >= 15 is 0 Å². The van der Waals surface area contributed by atoms with Crippen LogP contribution in [0.15, 0.2) is 48.5 Å². The van der Waals surface area contributed by atoms with Crippen molar-refractivity contribution in [1.82, 2.24) is 4.31 Å². The average Bonchev–Trinajstić information content (AvgIpc) is 2.87. The lowest BCUT2D eigenvalue weighted by Crippen LogP contribution is -2.41. The lowest BCUT2D eigenvalue weighted by atomic mass is 10.1. The fourth-order valence-corrected chi connectivity index (χ4v) is 6.39. The number of piperidine rings is 1. The smallest absolute Gasteiger partial charge is 0.323 e. The highest BCUT2D eigenvalue weighted by Crippen LogP contribution is 2.33. The van der Waals surface area contributed by atoms with Crippen molar-refractivity contribution < 1.29 is 31.1 Å². The van der Waals surface area contributed by atoms with Crippen LogP contribution in [-0.2, 0) is 29.6 Å². The van der Waals surface area contributed by atoms with E-state index in [0.29, 0.717) is 42.8 Å². The minimum Gasteiger partial charge on any atom is -0.489 e. The molecule has 2 aromatic rings. The molecule has 39 heavy (non-hydrogen) atoms. The van der Waals surface area contributed by atoms with Gasteiger partial charge in [-0.2, -0.15) is 5.26 Å². The van der Waals surface area contributed by atoms with Crippen LogP contribution < -0.4 is 9.04 Å². The van der Waals surface area contributed by atoms with Crippen molar-refractivity contribution in [3.05, 3.63) is 64.7 Å². The van der Waals surface area contributed by atoms with Gasteiger partial charge >= 0.3 is 5.97 Å². The van der Waals surface area contributed by atoms with Gasteiger partial charge in [-0.05, 0) is 55.7 Å². The summed E-state index contributed by atoms with van der Waals surface area (Å²) in [5, 5.41) is 9.27. The molecule has 0 saturated carbocycles. The Morgan fingerprint density at radius 3 is 2.51 bits per heavy atom. The van der Waals surface area contributed by atoms with E-state index < -0.39 is 31.8 Å². The molecule has 0 aliphatic carbocycles. The summed E-state index contributed by atoms with van der Waals surface area (Å²) in [6.45, 7) is 2.19. The van der Waals surface area contributed by atoms with Crippen LogP contribution in [0.5, 0.6) is 5.75 Å². The highest BCUT2D eigenvalue weighted by atomic mass is 35.5. The third kappa shape index (κ3) is 8.69. The molecule has 0 aromatic heterocycles. The number of hydrogen-bond acceptors (Lipinski definition) is 8. The van der Waals surface area contributed by atoms with Gasteiger partial charge in [-0.25, -0.2) is 21.1 Å². The summed E-state index contributed by atoms with van der Waals surface area (Å²) < 4.78 is 63.2. The highest BCUT2D eigenvalue weighted by molar-refractivity contribution is 7.93. The number of benzene rings is 2. The number of carbonyl (C=O) groups excluding carboxylic acids is 1. The van der Waals surface area contributed by atoms with E-state index in [1.807, 2.05) is 0 Å². The van der Waals surface area contributed by atoms with Gasteiger partial charge in [0.15, 0.2) is 5.75 Å². The Balaban J connectivity index is 1.81. The molecule has 0 unspecified atom stereocenters. The molecule has 0 radical (unpaired) electrons. The van der Waals surface area contributed by atoms with Crippen LogP contribution in [-0.4, -0.2) is 71.5 Å². The summed E-state index contributed by atoms with van der Waals surface area (Å²) in [6, 6.07) is 13.4. The summed E-state index contributed by atoms with van der Waals surface area (Å²) in [7, 11) is -7.41. The molecule has 0 amide bonds. The first-order valence-corrected chi connectivity index (χ1v) is 16.0. The maximum absolute atomic E-state index is 13.2. The van der Waals surface area contributed by atoms with Crippen molar-refractivity contribution in [3.8, 4) is 11.8 Å². The van der Waals surface area contributed by atoms with Gasteiger partial charge in [0.05, 0.1) is 41.8 Å². The van der Waals surface area contributed by atoms with Gasteiger partial charge in [-0.1, -0.05) is 35.9 Å². The van der Waals surface area contributed by atoms with Crippen LogP contribution in [0.25, 0.3) is 6.08 Å². The average molecular weight is 596 g/mol. The first kappa shape index (κ1) is 30.4. The molecule has 10 nitrogen and oxygen atoms in total. The van der Waals surface area contributed by atoms with E-state index in [2.05, 4.69) is 6.07 Å². The number of anilines is 1. The minimum atomic E-state index is -4.15. The van der Waals surface area contributed by atoms with Crippen molar-refractivity contribution in [2.24, 2.45) is 0 Å². The second kappa shape index (κ2) is 13.3. The summed E-state index contributed by atoms with van der Waals surface area (Å²) in [6.07, 6.45) is 5.18. The first-order valence-electron chi connectivity index (χ1n) is 12.2. The SMILES string of the molecule is CCOC(=O)CS(=O)(=O)N(C/C=C/c1cccc(C#N)c1)c1ccc(OC2CCN(S(C)(=O)=O)CC2)c(Cl)c1. The fraction of sp³-hybridized carbons (Fsp3) is 0.385. The van der Waals surface area contributed by atoms with Crippen molar-refractivity contribution in [2.75, 3.05) is 42.6 Å². The molecule has 0 atom stereocenters. The largest absolute Gasteiger partial charge is 0.489 e. The van der Waals surface area contributed by atoms with E-state index in [-0.39, 0.29) is 30.0 Å². The molecule has 0 N–H and O–H groups in total. The number of ether oxygens (including phenoxy) is 2. The molecule has 2 aromatic carbocycles. The maximum atomic E-state index is 13.2. The summed E-state index contributed by atoms with van der Waals surface area (Å²) in [5.74, 6) is -1.39. The third-order valence-corrected chi connectivity index (χ3v) is 9.14. The zero-order valence-corrected chi connectivity index (χ0v) is 24.0. The minimum absolute atomic E-state index is 0.0461. The van der Waals surface area contributed by atoms with E-state index in [1.54, 1.807) is 49.4 Å². The number of hydrogen-bond donors (Lipinski definition) is 0. The number of esters is 1. The Morgan fingerprint density at radius 1 is 1.18 bits per heavy atom. The maximum Gasteiger partial charge on any atom is 0.323 e. The number of nitriles is 1. The zero-order chi connectivity index (χ0) is 28.6. The van der Waals surface area contributed by atoms with Gasteiger partial charge in [-0.15, -0.1) is 0 Å². The molecule has 210 valence electrons. The molecule has 13 heteroatoms. The van der Waals surface area contributed by atoms with E-state index in [0.717, 1.165) is 4.31 Å². The second-order valence-corrected chi connectivity index (χ2v) is 13.1. The quantitative estimate of drug-likeness (QED) is 0.361. The van der Waals surface area contributed by atoms with Gasteiger partial charge in [-0.3, -0.25) is 9.10 Å². The van der Waals surface area contributed by atoms with Gasteiger partial charge in [0.2, 0.25) is 20.0 Å². The van der Waals surface area contributed by atoms with Gasteiger partial charge < -0.3 is 9.47 Å². The van der Waals surface area contributed by atoms with Gasteiger partial charge in [0.25, 0.3) is 0 Å². The normalized spacial score (nSPS) is 15.1. The Labute approximate surface area is 234 Å². The van der Waals surface area contributed by atoms with Gasteiger partial charge in [0.1, 0.15) is 11.9 Å². The molecule has 1 aliphatic heterocycles. The first-order chi connectivity index (χ1) is 18.4. The fourth-order valence-electron chi connectivity index (χ4n) is 4.01. The Morgan fingerprint density at radius 2 is 1.90 bits per heavy atom. The zero-order valence-electron chi connectivity index (χ0n) is 21.6. The standard InChI is InChI=1S/C26H30ClN3O7S2/c1-3-36-26(31)19-39(34,35)30(13-5-8-20-6-4-7-21(16-20)18-28)22-9-10-25(24(27)17-22)37-23-11-14-29(15-12-23)38(2,32)33/h4-10,16-17,23H,3,11-15,19H2,1-2H3/b8-5+. The Bertz CT molecular complexity index is 1460. The molecule has 0 bridgehead atoms. The number of sulfonamides is 2. The summed E-state index contributed by atoms with van der Waals surface area (Å²) >= 11 is 6.47. The molecular formula is C26H30ClN3O7S2. The summed E-state index contributed by atoms with van der Waals surface area (Å²) in [5.41, 5.74) is 1.40. The number of halogens is 1. The molecule has 1 aliphatic rings. The number of carbonyl (C=O) groups is 1. The molecule has 1 saturated heterocycles. The third-order valence-electron chi connectivity index (χ3n) is 5.91. The Hall–Kier alpha value is -3.11. The van der Waals surface area contributed by atoms with Crippen LogP contribution in [0.3, 0.4) is 0 Å². The topological polar surface area (TPSA) is 134 Å². The lowest BCUT2D eigenvalue weighted by molar-refractivity contribution is -0.139. The van der Waals surface area contributed by atoms with E-state index in [4.69, 9.17) is 26.3 Å². The van der Waals surface area contributed by atoms with E-state index in [9.17, 15) is 21.6 Å². The molecule has 0 spiro atoms. The van der Waals surface area contributed by atoms with Crippen molar-refractivity contribution in [1.29, 1.82) is 5.26 Å².